The third-order valence-corrected chi connectivity index (χ3v) is 8.94. The Bertz CT molecular complexity index is 534. The number of imide groups is 1. The van der Waals surface area contributed by atoms with Gasteiger partial charge in [0.25, 0.3) is 0 Å². The fourth-order valence-corrected chi connectivity index (χ4v) is 6.49. The van der Waals surface area contributed by atoms with Crippen LogP contribution in [-0.4, -0.2) is 70.0 Å². The molecule has 0 N–H and O–H groups in total. The van der Waals surface area contributed by atoms with Gasteiger partial charge in [0.2, 0.25) is 17.7 Å². The molecule has 0 aromatic heterocycles. The highest BCUT2D eigenvalue weighted by Gasteiger charge is 2.66. The predicted octanol–water partition coefficient (Wildman–Crippen LogP) is 0.623. The van der Waals surface area contributed by atoms with Gasteiger partial charge in [-0.15, -0.1) is 0 Å². The second kappa shape index (κ2) is 5.81. The minimum absolute atomic E-state index is 0.121. The highest BCUT2D eigenvalue weighted by molar-refractivity contribution is 9.12. The van der Waals surface area contributed by atoms with Crippen LogP contribution in [0.1, 0.15) is 6.42 Å². The molecule has 6 atom stereocenters. The number of hydrogen-bond donors (Lipinski definition) is 0. The van der Waals surface area contributed by atoms with Crippen molar-refractivity contribution >= 4 is 49.6 Å². The summed E-state index contributed by atoms with van der Waals surface area (Å²) in [6.07, 6.45) is 0.907. The van der Waals surface area contributed by atoms with Crippen LogP contribution in [0.5, 0.6) is 0 Å². The number of ether oxygens (including phenoxy) is 1. The van der Waals surface area contributed by atoms with Gasteiger partial charge in [-0.2, -0.15) is 0 Å². The molecule has 0 aromatic carbocycles. The molecule has 2 saturated heterocycles. The molecule has 2 heterocycles. The van der Waals surface area contributed by atoms with Crippen LogP contribution in [0.25, 0.3) is 0 Å². The van der Waals surface area contributed by atoms with E-state index in [0.29, 0.717) is 26.3 Å². The first-order valence-electron chi connectivity index (χ1n) is 7.99. The van der Waals surface area contributed by atoms with E-state index in [1.54, 1.807) is 4.90 Å². The van der Waals surface area contributed by atoms with Crippen LogP contribution in [0, 0.1) is 23.7 Å². The first-order chi connectivity index (χ1) is 11.0. The Morgan fingerprint density at radius 1 is 1.04 bits per heavy atom. The summed E-state index contributed by atoms with van der Waals surface area (Å²) in [5.41, 5.74) is 0. The molecular weight excluding hydrogens is 432 g/mol. The van der Waals surface area contributed by atoms with Gasteiger partial charge in [0, 0.05) is 22.7 Å². The number of alkyl halides is 2. The summed E-state index contributed by atoms with van der Waals surface area (Å²) in [4.78, 5) is 41.2. The van der Waals surface area contributed by atoms with E-state index in [4.69, 9.17) is 4.74 Å². The molecule has 4 fully saturated rings. The van der Waals surface area contributed by atoms with Crippen molar-refractivity contribution in [2.45, 2.75) is 16.1 Å². The molecule has 2 bridgehead atoms. The molecule has 2 aliphatic heterocycles. The van der Waals surface area contributed by atoms with E-state index in [2.05, 4.69) is 31.9 Å². The number of carbonyl (C=O) groups excluding carboxylic acids is 3. The van der Waals surface area contributed by atoms with Crippen molar-refractivity contribution < 1.29 is 19.1 Å². The highest BCUT2D eigenvalue weighted by Crippen LogP contribution is 2.60. The number of rotatable bonds is 2. The molecule has 3 amide bonds. The minimum Gasteiger partial charge on any atom is -0.378 e. The van der Waals surface area contributed by atoms with Gasteiger partial charge >= 0.3 is 0 Å². The number of hydrogen-bond acceptors (Lipinski definition) is 4. The molecule has 0 aromatic rings. The zero-order valence-corrected chi connectivity index (χ0v) is 15.7. The minimum atomic E-state index is -0.247. The Labute approximate surface area is 151 Å². The molecule has 6 nitrogen and oxygen atoms in total. The van der Waals surface area contributed by atoms with Crippen molar-refractivity contribution in [3.8, 4) is 0 Å². The lowest BCUT2D eigenvalue weighted by molar-refractivity contribution is -0.148. The number of nitrogens with zero attached hydrogens (tertiary/aromatic N) is 2. The lowest BCUT2D eigenvalue weighted by Crippen LogP contribution is -2.47. The quantitative estimate of drug-likeness (QED) is 0.458. The first-order valence-corrected chi connectivity index (χ1v) is 9.82. The van der Waals surface area contributed by atoms with Gasteiger partial charge in [0.1, 0.15) is 6.54 Å². The van der Waals surface area contributed by atoms with Gasteiger partial charge in [-0.1, -0.05) is 31.9 Å². The normalized spacial score (nSPS) is 42.5. The van der Waals surface area contributed by atoms with E-state index >= 15 is 0 Å². The highest BCUT2D eigenvalue weighted by atomic mass is 79.9. The number of morpholine rings is 1. The molecule has 8 heteroatoms. The second-order valence-corrected chi connectivity index (χ2v) is 8.87. The lowest BCUT2D eigenvalue weighted by atomic mass is 9.81. The van der Waals surface area contributed by atoms with Crippen molar-refractivity contribution in [3.63, 3.8) is 0 Å². The van der Waals surface area contributed by atoms with Crippen LogP contribution >= 0.6 is 31.9 Å². The number of fused-ring (bicyclic) bond motifs is 5. The molecule has 4 rings (SSSR count). The fourth-order valence-electron chi connectivity index (χ4n) is 4.61. The number of amides is 3. The fraction of sp³-hybridized carbons (Fsp3) is 0.800. The predicted molar refractivity (Wildman–Crippen MR) is 88.1 cm³/mol. The average molecular weight is 450 g/mol. The van der Waals surface area contributed by atoms with E-state index in [1.165, 1.54) is 4.90 Å². The van der Waals surface area contributed by atoms with Gasteiger partial charge in [-0.05, 0) is 18.3 Å². The summed E-state index contributed by atoms with van der Waals surface area (Å²) in [7, 11) is 0. The smallest absolute Gasteiger partial charge is 0.242 e. The van der Waals surface area contributed by atoms with E-state index in [0.717, 1.165) is 6.42 Å². The number of halogens is 2. The van der Waals surface area contributed by atoms with Crippen LogP contribution in [0.15, 0.2) is 0 Å². The zero-order valence-electron chi connectivity index (χ0n) is 12.5. The summed E-state index contributed by atoms with van der Waals surface area (Å²) in [5.74, 6) is -0.584. The van der Waals surface area contributed by atoms with Gasteiger partial charge < -0.3 is 9.64 Å². The summed E-state index contributed by atoms with van der Waals surface area (Å²) in [6, 6.07) is 0. The van der Waals surface area contributed by atoms with Crippen LogP contribution in [0.4, 0.5) is 0 Å². The maximum absolute atomic E-state index is 12.7. The number of likely N-dealkylation sites (tertiary alicyclic amines) is 1. The topological polar surface area (TPSA) is 66.9 Å². The molecule has 0 radical (unpaired) electrons. The number of carbonyl (C=O) groups is 3. The van der Waals surface area contributed by atoms with Gasteiger partial charge in [-0.3, -0.25) is 19.3 Å². The zero-order chi connectivity index (χ0) is 16.3. The van der Waals surface area contributed by atoms with E-state index in [-0.39, 0.29) is 57.6 Å². The Morgan fingerprint density at radius 3 is 2.09 bits per heavy atom. The van der Waals surface area contributed by atoms with Crippen LogP contribution in [0.3, 0.4) is 0 Å². The summed E-state index contributed by atoms with van der Waals surface area (Å²) in [6.45, 7) is 1.96. The lowest BCUT2D eigenvalue weighted by Gasteiger charge is -2.28. The van der Waals surface area contributed by atoms with Gasteiger partial charge in [0.05, 0.1) is 25.0 Å². The monoisotopic (exact) mass is 448 g/mol. The van der Waals surface area contributed by atoms with Crippen molar-refractivity contribution in [2.75, 3.05) is 32.8 Å². The Kier molecular flexibility index (Phi) is 4.05. The molecule has 126 valence electrons. The van der Waals surface area contributed by atoms with E-state index in [9.17, 15) is 14.4 Å². The van der Waals surface area contributed by atoms with Crippen molar-refractivity contribution in [2.24, 2.45) is 23.7 Å². The van der Waals surface area contributed by atoms with Crippen molar-refractivity contribution in [1.82, 2.24) is 9.80 Å². The third-order valence-electron chi connectivity index (χ3n) is 5.74. The first kappa shape index (κ1) is 16.0. The van der Waals surface area contributed by atoms with Gasteiger partial charge in [-0.25, -0.2) is 0 Å². The molecule has 0 unspecified atom stereocenters. The Morgan fingerprint density at radius 2 is 1.57 bits per heavy atom. The third kappa shape index (κ3) is 2.32. The standard InChI is InChI=1S/C15H18Br2N2O4/c16-12-7-5-8(13(12)17)11-10(7)14(21)19(15(11)22)6-9(20)18-1-3-23-4-2-18/h7-8,10-13H,1-6H2/t7-,8+,10-,11-,12-,13+/m0/s1. The molecule has 2 saturated carbocycles. The van der Waals surface area contributed by atoms with Crippen LogP contribution in [0.2, 0.25) is 0 Å². The average Bonchev–Trinajstić information content (AvgIpc) is 3.16. The molecular formula is C15H18Br2N2O4. The SMILES string of the molecule is O=C(CN1C(=O)[C@H]2[C@@H]3C[C@@H]([C@@H](Br)[C@H]3Br)[C@@H]2C1=O)N1CCOCC1. The van der Waals surface area contributed by atoms with Crippen molar-refractivity contribution in [3.05, 3.63) is 0 Å². The van der Waals surface area contributed by atoms with Crippen LogP contribution in [-0.2, 0) is 19.1 Å². The molecule has 2 aliphatic carbocycles. The van der Waals surface area contributed by atoms with Crippen LogP contribution < -0.4 is 0 Å². The summed E-state index contributed by atoms with van der Waals surface area (Å²) < 4.78 is 5.23. The molecule has 4 aliphatic rings. The Hall–Kier alpha value is -0.470. The summed E-state index contributed by atoms with van der Waals surface area (Å²) >= 11 is 7.32. The van der Waals surface area contributed by atoms with E-state index in [1.807, 2.05) is 0 Å². The largest absolute Gasteiger partial charge is 0.378 e. The maximum atomic E-state index is 12.7. The maximum Gasteiger partial charge on any atom is 0.242 e. The molecule has 23 heavy (non-hydrogen) atoms. The second-order valence-electron chi connectivity index (χ2n) is 6.76. The van der Waals surface area contributed by atoms with E-state index < -0.39 is 0 Å². The van der Waals surface area contributed by atoms with Crippen molar-refractivity contribution in [1.29, 1.82) is 0 Å². The van der Waals surface area contributed by atoms with Gasteiger partial charge in [0.15, 0.2) is 0 Å². The Balaban J connectivity index is 1.50. The molecule has 0 spiro atoms. The summed E-state index contributed by atoms with van der Waals surface area (Å²) in [5, 5.41) is 0.